The monoisotopic (exact) mass is 205 g/mol. The van der Waals surface area contributed by atoms with Gasteiger partial charge in [-0.05, 0) is 0 Å². The van der Waals surface area contributed by atoms with Gasteiger partial charge in [0.2, 0.25) is 0 Å². The van der Waals surface area contributed by atoms with E-state index in [4.69, 9.17) is 17.3 Å². The zero-order valence-electron chi connectivity index (χ0n) is 6.47. The number of alkyl halides is 2. The van der Waals surface area contributed by atoms with Crippen LogP contribution >= 0.6 is 11.6 Å². The standard InChI is InChI=1S/C7H6ClF2N3/c8-5-2-12-4(1-13-5)6(11)3-7(6,9)10/h1-2H,3,11H2. The third kappa shape index (κ3) is 1.19. The minimum atomic E-state index is -2.87. The largest absolute Gasteiger partial charge is 0.315 e. The van der Waals surface area contributed by atoms with Crippen LogP contribution in [0.1, 0.15) is 12.1 Å². The molecule has 1 unspecified atom stereocenters. The van der Waals surface area contributed by atoms with Gasteiger partial charge >= 0.3 is 0 Å². The Morgan fingerprint density at radius 2 is 2.00 bits per heavy atom. The second-order valence-corrected chi connectivity index (χ2v) is 3.46. The molecule has 70 valence electrons. The van der Waals surface area contributed by atoms with Gasteiger partial charge in [-0.1, -0.05) is 11.6 Å². The van der Waals surface area contributed by atoms with Crippen LogP contribution < -0.4 is 5.73 Å². The summed E-state index contributed by atoms with van der Waals surface area (Å²) in [5.41, 5.74) is 3.85. The van der Waals surface area contributed by atoms with Crippen molar-refractivity contribution in [2.45, 2.75) is 17.9 Å². The highest BCUT2D eigenvalue weighted by Crippen LogP contribution is 2.56. The van der Waals surface area contributed by atoms with Gasteiger partial charge in [0.05, 0.1) is 18.1 Å². The quantitative estimate of drug-likeness (QED) is 0.753. The number of rotatable bonds is 1. The summed E-state index contributed by atoms with van der Waals surface area (Å²) >= 11 is 5.45. The lowest BCUT2D eigenvalue weighted by atomic mass is 10.2. The SMILES string of the molecule is NC1(c2cnc(Cl)cn2)CC1(F)F. The van der Waals surface area contributed by atoms with E-state index in [2.05, 4.69) is 9.97 Å². The average Bonchev–Trinajstić information content (AvgIpc) is 2.53. The van der Waals surface area contributed by atoms with Gasteiger partial charge in [0.25, 0.3) is 5.92 Å². The fraction of sp³-hybridized carbons (Fsp3) is 0.429. The van der Waals surface area contributed by atoms with Gasteiger partial charge in [-0.2, -0.15) is 0 Å². The first kappa shape index (κ1) is 8.77. The second-order valence-electron chi connectivity index (χ2n) is 3.08. The summed E-state index contributed by atoms with van der Waals surface area (Å²) < 4.78 is 25.5. The molecule has 0 spiro atoms. The molecule has 3 nitrogen and oxygen atoms in total. The maximum absolute atomic E-state index is 12.7. The van der Waals surface area contributed by atoms with Crippen molar-refractivity contribution >= 4 is 11.6 Å². The van der Waals surface area contributed by atoms with Crippen molar-refractivity contribution < 1.29 is 8.78 Å². The second kappa shape index (κ2) is 2.36. The zero-order chi connectivity index (χ0) is 9.69. The van der Waals surface area contributed by atoms with E-state index < -0.39 is 11.5 Å². The molecular weight excluding hydrogens is 200 g/mol. The van der Waals surface area contributed by atoms with Crippen LogP contribution in [0.3, 0.4) is 0 Å². The molecule has 1 atom stereocenters. The number of hydrogen-bond acceptors (Lipinski definition) is 3. The lowest BCUT2D eigenvalue weighted by Crippen LogP contribution is -2.28. The smallest absolute Gasteiger partial charge is 0.274 e. The van der Waals surface area contributed by atoms with Crippen molar-refractivity contribution in [3.8, 4) is 0 Å². The molecule has 0 aliphatic heterocycles. The van der Waals surface area contributed by atoms with Crippen LogP contribution in [0, 0.1) is 0 Å². The maximum Gasteiger partial charge on any atom is 0.274 e. The van der Waals surface area contributed by atoms with E-state index in [1.165, 1.54) is 12.4 Å². The summed E-state index contributed by atoms with van der Waals surface area (Å²) in [5, 5.41) is 0.163. The molecule has 2 rings (SSSR count). The Morgan fingerprint density at radius 3 is 2.38 bits per heavy atom. The third-order valence-corrected chi connectivity index (χ3v) is 2.30. The highest BCUT2D eigenvalue weighted by molar-refractivity contribution is 6.29. The van der Waals surface area contributed by atoms with Gasteiger partial charge in [0.15, 0.2) is 0 Å². The molecule has 1 fully saturated rings. The predicted molar refractivity (Wildman–Crippen MR) is 42.5 cm³/mol. The molecule has 0 bridgehead atoms. The summed E-state index contributed by atoms with van der Waals surface area (Å²) in [6, 6.07) is 0. The van der Waals surface area contributed by atoms with Crippen molar-refractivity contribution in [2.75, 3.05) is 0 Å². The summed E-state index contributed by atoms with van der Waals surface area (Å²) in [5.74, 6) is -2.87. The molecule has 1 heterocycles. The normalized spacial score (nSPS) is 30.2. The van der Waals surface area contributed by atoms with E-state index in [1.807, 2.05) is 0 Å². The molecule has 0 amide bonds. The van der Waals surface area contributed by atoms with Gasteiger partial charge in [0, 0.05) is 6.42 Å². The van der Waals surface area contributed by atoms with Crippen molar-refractivity contribution in [3.05, 3.63) is 23.2 Å². The molecule has 0 saturated heterocycles. The van der Waals surface area contributed by atoms with Crippen LogP contribution in [0.5, 0.6) is 0 Å². The van der Waals surface area contributed by atoms with E-state index in [-0.39, 0.29) is 17.3 Å². The van der Waals surface area contributed by atoms with Gasteiger partial charge in [0.1, 0.15) is 10.7 Å². The molecule has 0 aromatic carbocycles. The zero-order valence-corrected chi connectivity index (χ0v) is 7.22. The van der Waals surface area contributed by atoms with Crippen LogP contribution in [0.4, 0.5) is 8.78 Å². The Kier molecular flexibility index (Phi) is 1.59. The van der Waals surface area contributed by atoms with Crippen LogP contribution in [0.25, 0.3) is 0 Å². The van der Waals surface area contributed by atoms with Gasteiger partial charge < -0.3 is 5.73 Å². The van der Waals surface area contributed by atoms with Crippen LogP contribution in [-0.4, -0.2) is 15.9 Å². The minimum absolute atomic E-state index is 0.0851. The summed E-state index contributed by atoms with van der Waals surface area (Å²) in [6.07, 6.45) is 2.01. The Balaban J connectivity index is 2.34. The third-order valence-electron chi connectivity index (χ3n) is 2.11. The van der Waals surface area contributed by atoms with Gasteiger partial charge in [-0.3, -0.25) is 4.98 Å². The molecule has 13 heavy (non-hydrogen) atoms. The molecular formula is C7H6ClF2N3. The van der Waals surface area contributed by atoms with Crippen LogP contribution in [-0.2, 0) is 5.54 Å². The van der Waals surface area contributed by atoms with Gasteiger partial charge in [-0.25, -0.2) is 13.8 Å². The first-order chi connectivity index (χ1) is 5.96. The lowest BCUT2D eigenvalue weighted by Gasteiger charge is -2.07. The molecule has 1 aromatic rings. The van der Waals surface area contributed by atoms with E-state index >= 15 is 0 Å². The topological polar surface area (TPSA) is 51.8 Å². The first-order valence-corrected chi connectivity index (χ1v) is 3.98. The first-order valence-electron chi connectivity index (χ1n) is 3.60. The minimum Gasteiger partial charge on any atom is -0.315 e. The molecule has 6 heteroatoms. The number of nitrogens with zero attached hydrogens (tertiary/aromatic N) is 2. The Labute approximate surface area is 77.9 Å². The maximum atomic E-state index is 12.7. The molecule has 1 aliphatic carbocycles. The number of hydrogen-bond donors (Lipinski definition) is 1. The van der Waals surface area contributed by atoms with E-state index in [0.717, 1.165) is 0 Å². The van der Waals surface area contributed by atoms with Gasteiger partial charge in [-0.15, -0.1) is 0 Å². The fourth-order valence-electron chi connectivity index (χ4n) is 1.13. The number of halogens is 3. The summed E-state index contributed by atoms with van der Waals surface area (Å²) in [4.78, 5) is 7.35. The Morgan fingerprint density at radius 1 is 1.38 bits per heavy atom. The Bertz CT molecular complexity index is 340. The summed E-state index contributed by atoms with van der Waals surface area (Å²) in [7, 11) is 0. The van der Waals surface area contributed by atoms with E-state index in [0.29, 0.717) is 0 Å². The van der Waals surface area contributed by atoms with Crippen molar-refractivity contribution in [1.82, 2.24) is 9.97 Å². The highest BCUT2D eigenvalue weighted by atomic mass is 35.5. The summed E-state index contributed by atoms with van der Waals surface area (Å²) in [6.45, 7) is 0. The van der Waals surface area contributed by atoms with E-state index in [1.54, 1.807) is 0 Å². The molecule has 2 N–H and O–H groups in total. The average molecular weight is 206 g/mol. The molecule has 1 aliphatic rings. The molecule has 1 saturated carbocycles. The molecule has 1 aromatic heterocycles. The lowest BCUT2D eigenvalue weighted by molar-refractivity contribution is 0.0880. The number of aromatic nitrogens is 2. The van der Waals surface area contributed by atoms with E-state index in [9.17, 15) is 8.78 Å². The fourth-order valence-corrected chi connectivity index (χ4v) is 1.22. The Hall–Kier alpha value is -0.810. The molecule has 0 radical (unpaired) electrons. The van der Waals surface area contributed by atoms with Crippen LogP contribution in [0.2, 0.25) is 5.15 Å². The van der Waals surface area contributed by atoms with Crippen molar-refractivity contribution in [3.63, 3.8) is 0 Å². The number of nitrogens with two attached hydrogens (primary N) is 1. The van der Waals surface area contributed by atoms with Crippen molar-refractivity contribution in [2.24, 2.45) is 5.73 Å². The highest BCUT2D eigenvalue weighted by Gasteiger charge is 2.71. The van der Waals surface area contributed by atoms with Crippen LogP contribution in [0.15, 0.2) is 12.4 Å². The van der Waals surface area contributed by atoms with Crippen molar-refractivity contribution in [1.29, 1.82) is 0 Å². The predicted octanol–water partition coefficient (Wildman–Crippen LogP) is 1.32.